The molecule has 100 valence electrons. The van der Waals surface area contributed by atoms with Crippen LogP contribution in [0.5, 0.6) is 0 Å². The van der Waals surface area contributed by atoms with Crippen molar-refractivity contribution in [3.8, 4) is 0 Å². The first-order chi connectivity index (χ1) is 8.33. The summed E-state index contributed by atoms with van der Waals surface area (Å²) in [6.07, 6.45) is 1.76. The van der Waals surface area contributed by atoms with Crippen LogP contribution in [-0.4, -0.2) is 31.0 Å². The second-order valence-electron chi connectivity index (χ2n) is 4.27. The maximum atomic E-state index is 11.8. The Kier molecular flexibility index (Phi) is 4.80. The fourth-order valence-electron chi connectivity index (χ4n) is 1.22. The number of carbonyl (C=O) groups is 1. The molecule has 0 unspecified atom stereocenters. The molecule has 1 aromatic heterocycles. The highest BCUT2D eigenvalue weighted by Gasteiger charge is 2.15. The Morgan fingerprint density at radius 3 is 2.56 bits per heavy atom. The number of aromatic carboxylic acids is 1. The van der Waals surface area contributed by atoms with Crippen LogP contribution in [-0.2, 0) is 10.0 Å². The first-order valence-electron chi connectivity index (χ1n) is 5.52. The van der Waals surface area contributed by atoms with Gasteiger partial charge >= 0.3 is 5.97 Å². The Balaban J connectivity index is 2.76. The lowest BCUT2D eigenvalue weighted by molar-refractivity contribution is 0.0696. The molecule has 18 heavy (non-hydrogen) atoms. The molecule has 1 aromatic rings. The number of sulfonamides is 1. The van der Waals surface area contributed by atoms with Gasteiger partial charge < -0.3 is 5.11 Å². The predicted octanol–water partition coefficient (Wildman–Crippen LogP) is 1.10. The van der Waals surface area contributed by atoms with Gasteiger partial charge in [0.25, 0.3) is 10.0 Å². The fourth-order valence-corrected chi connectivity index (χ4v) is 2.19. The van der Waals surface area contributed by atoms with Crippen molar-refractivity contribution in [2.45, 2.75) is 25.3 Å². The molecule has 0 radical (unpaired) electrons. The standard InChI is InChI=1S/C11H16N2O4S/c1-8(2)5-6-13-18(16,17)10-4-3-9(7-12-10)11(14)15/h3-4,7-8,13H,5-6H2,1-2H3,(H,14,15). The van der Waals surface area contributed by atoms with Crippen molar-refractivity contribution in [1.82, 2.24) is 9.71 Å². The summed E-state index contributed by atoms with van der Waals surface area (Å²) in [7, 11) is -3.65. The lowest BCUT2D eigenvalue weighted by Gasteiger charge is -2.07. The van der Waals surface area contributed by atoms with Gasteiger partial charge in [0.05, 0.1) is 5.56 Å². The van der Waals surface area contributed by atoms with E-state index in [-0.39, 0.29) is 10.6 Å². The largest absolute Gasteiger partial charge is 0.478 e. The van der Waals surface area contributed by atoms with Crippen LogP contribution in [0.2, 0.25) is 0 Å². The third kappa shape index (κ3) is 4.08. The van der Waals surface area contributed by atoms with Gasteiger partial charge in [-0.05, 0) is 24.5 Å². The minimum Gasteiger partial charge on any atom is -0.478 e. The number of nitrogens with one attached hydrogen (secondary N) is 1. The van der Waals surface area contributed by atoms with E-state index in [1.807, 2.05) is 13.8 Å². The van der Waals surface area contributed by atoms with Crippen LogP contribution in [0.25, 0.3) is 0 Å². The molecule has 0 aliphatic heterocycles. The van der Waals surface area contributed by atoms with E-state index in [0.717, 1.165) is 12.6 Å². The Hall–Kier alpha value is -1.47. The molecule has 0 spiro atoms. The molecular weight excluding hydrogens is 256 g/mol. The van der Waals surface area contributed by atoms with Crippen LogP contribution < -0.4 is 4.72 Å². The van der Waals surface area contributed by atoms with Crippen LogP contribution in [0.1, 0.15) is 30.6 Å². The van der Waals surface area contributed by atoms with Crippen LogP contribution in [0.3, 0.4) is 0 Å². The molecule has 0 aromatic carbocycles. The van der Waals surface area contributed by atoms with Crippen LogP contribution in [0, 0.1) is 5.92 Å². The van der Waals surface area contributed by atoms with E-state index in [1.165, 1.54) is 12.1 Å². The molecule has 0 aliphatic rings. The van der Waals surface area contributed by atoms with Gasteiger partial charge in [-0.3, -0.25) is 0 Å². The van der Waals surface area contributed by atoms with E-state index in [0.29, 0.717) is 12.5 Å². The normalized spacial score (nSPS) is 11.7. The molecule has 0 fully saturated rings. The molecule has 1 heterocycles. The topological polar surface area (TPSA) is 96.4 Å². The fraction of sp³-hybridized carbons (Fsp3) is 0.455. The Morgan fingerprint density at radius 1 is 1.44 bits per heavy atom. The number of carboxylic acid groups (broad SMARTS) is 1. The van der Waals surface area contributed by atoms with Gasteiger partial charge in [-0.1, -0.05) is 13.8 Å². The van der Waals surface area contributed by atoms with Gasteiger partial charge in [0, 0.05) is 12.7 Å². The summed E-state index contributed by atoms with van der Waals surface area (Å²) in [5, 5.41) is 8.51. The Bertz CT molecular complexity index is 508. The average Bonchev–Trinajstić information content (AvgIpc) is 2.28. The van der Waals surface area contributed by atoms with Crippen molar-refractivity contribution < 1.29 is 18.3 Å². The molecule has 1 rings (SSSR count). The van der Waals surface area contributed by atoms with Gasteiger partial charge in [-0.2, -0.15) is 0 Å². The highest BCUT2D eigenvalue weighted by Crippen LogP contribution is 2.07. The first-order valence-corrected chi connectivity index (χ1v) is 7.00. The number of hydrogen-bond donors (Lipinski definition) is 2. The molecular formula is C11H16N2O4S. The van der Waals surface area contributed by atoms with Crippen molar-refractivity contribution in [3.63, 3.8) is 0 Å². The van der Waals surface area contributed by atoms with Gasteiger partial charge in [-0.15, -0.1) is 0 Å². The highest BCUT2D eigenvalue weighted by molar-refractivity contribution is 7.89. The molecule has 0 saturated heterocycles. The van der Waals surface area contributed by atoms with Crippen molar-refractivity contribution in [2.75, 3.05) is 6.54 Å². The van der Waals surface area contributed by atoms with Crippen molar-refractivity contribution in [2.24, 2.45) is 5.92 Å². The quantitative estimate of drug-likeness (QED) is 0.808. The molecule has 0 amide bonds. The lowest BCUT2D eigenvalue weighted by atomic mass is 10.1. The van der Waals surface area contributed by atoms with Gasteiger partial charge in [0.15, 0.2) is 5.03 Å². The van der Waals surface area contributed by atoms with E-state index in [2.05, 4.69) is 9.71 Å². The van der Waals surface area contributed by atoms with Crippen LogP contribution in [0.4, 0.5) is 0 Å². The zero-order valence-electron chi connectivity index (χ0n) is 10.3. The van der Waals surface area contributed by atoms with E-state index in [4.69, 9.17) is 5.11 Å². The maximum Gasteiger partial charge on any atom is 0.337 e. The smallest absolute Gasteiger partial charge is 0.337 e. The second kappa shape index (κ2) is 5.92. The summed E-state index contributed by atoms with van der Waals surface area (Å²) in [6.45, 7) is 4.32. The molecule has 0 atom stereocenters. The summed E-state index contributed by atoms with van der Waals surface area (Å²) >= 11 is 0. The van der Waals surface area contributed by atoms with E-state index in [9.17, 15) is 13.2 Å². The molecule has 2 N–H and O–H groups in total. The summed E-state index contributed by atoms with van der Waals surface area (Å²) < 4.78 is 26.0. The monoisotopic (exact) mass is 272 g/mol. The Morgan fingerprint density at radius 2 is 2.11 bits per heavy atom. The van der Waals surface area contributed by atoms with Crippen molar-refractivity contribution >= 4 is 16.0 Å². The molecule has 7 heteroatoms. The van der Waals surface area contributed by atoms with E-state index in [1.54, 1.807) is 0 Å². The number of nitrogens with zero attached hydrogens (tertiary/aromatic N) is 1. The average molecular weight is 272 g/mol. The van der Waals surface area contributed by atoms with Gasteiger partial charge in [0.1, 0.15) is 0 Å². The first kappa shape index (κ1) is 14.6. The zero-order chi connectivity index (χ0) is 13.8. The van der Waals surface area contributed by atoms with Gasteiger partial charge in [-0.25, -0.2) is 22.9 Å². The molecule has 0 saturated carbocycles. The third-order valence-electron chi connectivity index (χ3n) is 2.27. The number of aromatic nitrogens is 1. The zero-order valence-corrected chi connectivity index (χ0v) is 11.1. The van der Waals surface area contributed by atoms with E-state index >= 15 is 0 Å². The Labute approximate surface area is 106 Å². The molecule has 0 bridgehead atoms. The molecule has 0 aliphatic carbocycles. The summed E-state index contributed by atoms with van der Waals surface area (Å²) in [4.78, 5) is 14.2. The molecule has 6 nitrogen and oxygen atoms in total. The number of carboxylic acids is 1. The van der Waals surface area contributed by atoms with Gasteiger partial charge in [0.2, 0.25) is 0 Å². The highest BCUT2D eigenvalue weighted by atomic mass is 32.2. The van der Waals surface area contributed by atoms with Crippen molar-refractivity contribution in [1.29, 1.82) is 0 Å². The lowest BCUT2D eigenvalue weighted by Crippen LogP contribution is -2.26. The number of pyridine rings is 1. The predicted molar refractivity (Wildman–Crippen MR) is 65.8 cm³/mol. The summed E-state index contributed by atoms with van der Waals surface area (Å²) in [6, 6.07) is 2.40. The van der Waals surface area contributed by atoms with Crippen LogP contribution in [0.15, 0.2) is 23.4 Å². The van der Waals surface area contributed by atoms with Crippen LogP contribution >= 0.6 is 0 Å². The SMILES string of the molecule is CC(C)CCNS(=O)(=O)c1ccc(C(=O)O)cn1. The van der Waals surface area contributed by atoms with Crippen molar-refractivity contribution in [3.05, 3.63) is 23.9 Å². The van der Waals surface area contributed by atoms with E-state index < -0.39 is 16.0 Å². The maximum absolute atomic E-state index is 11.8. The second-order valence-corrected chi connectivity index (χ2v) is 5.98. The number of rotatable bonds is 6. The minimum absolute atomic E-state index is 0.0452. The minimum atomic E-state index is -3.65. The third-order valence-corrected chi connectivity index (χ3v) is 3.65. The summed E-state index contributed by atoms with van der Waals surface area (Å²) in [5.74, 6) is -0.741. The summed E-state index contributed by atoms with van der Waals surface area (Å²) in [5.41, 5.74) is -0.0452. The number of hydrogen-bond acceptors (Lipinski definition) is 4.